The number of anilines is 2. The largest absolute Gasteiger partial charge is 0.408 e. The van der Waals surface area contributed by atoms with Gasteiger partial charge >= 0.3 is 6.18 Å². The van der Waals surface area contributed by atoms with Gasteiger partial charge < -0.3 is 10.6 Å². The molecule has 136 valence electrons. The van der Waals surface area contributed by atoms with Gasteiger partial charge in [0.1, 0.15) is 18.4 Å². The number of para-hydroxylation sites is 1. The first-order valence-electron chi connectivity index (χ1n) is 7.92. The predicted octanol–water partition coefficient (Wildman–Crippen LogP) is 4.01. The lowest BCUT2D eigenvalue weighted by molar-refractivity contribution is -0.142. The van der Waals surface area contributed by atoms with Crippen molar-refractivity contribution >= 4 is 17.4 Å². The maximum Gasteiger partial charge on any atom is 0.408 e. The molecule has 2 rings (SSSR count). The van der Waals surface area contributed by atoms with Crippen molar-refractivity contribution in [3.63, 3.8) is 0 Å². The van der Waals surface area contributed by atoms with Crippen LogP contribution in [-0.2, 0) is 11.3 Å². The SMILES string of the molecule is CC(Nc1ccn(CC(F)(F)F)n1)C(=O)Nc1ccccc1C(C)C. The van der Waals surface area contributed by atoms with Crippen molar-refractivity contribution in [3.8, 4) is 0 Å². The molecule has 0 saturated heterocycles. The van der Waals surface area contributed by atoms with Crippen LogP contribution in [0, 0.1) is 0 Å². The Hall–Kier alpha value is -2.51. The zero-order valence-electron chi connectivity index (χ0n) is 14.3. The summed E-state index contributed by atoms with van der Waals surface area (Å²) in [6.45, 7) is 4.51. The molecular weight excluding hydrogens is 333 g/mol. The van der Waals surface area contributed by atoms with Gasteiger partial charge in [0.15, 0.2) is 0 Å². The average molecular weight is 354 g/mol. The van der Waals surface area contributed by atoms with Gasteiger partial charge in [0.05, 0.1) is 0 Å². The topological polar surface area (TPSA) is 59.0 Å². The Morgan fingerprint density at radius 3 is 2.52 bits per heavy atom. The van der Waals surface area contributed by atoms with Crippen molar-refractivity contribution in [2.75, 3.05) is 10.6 Å². The molecule has 0 fully saturated rings. The zero-order chi connectivity index (χ0) is 18.6. The number of hydrogen-bond acceptors (Lipinski definition) is 3. The van der Waals surface area contributed by atoms with Gasteiger partial charge in [0, 0.05) is 18.0 Å². The molecule has 5 nitrogen and oxygen atoms in total. The molecule has 0 saturated carbocycles. The van der Waals surface area contributed by atoms with E-state index in [1.807, 2.05) is 38.1 Å². The second-order valence-corrected chi connectivity index (χ2v) is 6.11. The Balaban J connectivity index is 1.99. The Morgan fingerprint density at radius 1 is 1.20 bits per heavy atom. The van der Waals surface area contributed by atoms with E-state index in [-0.39, 0.29) is 17.6 Å². The van der Waals surface area contributed by atoms with Gasteiger partial charge in [-0.05, 0) is 24.5 Å². The summed E-state index contributed by atoms with van der Waals surface area (Å²) in [6.07, 6.45) is -3.12. The molecule has 0 aliphatic heterocycles. The quantitative estimate of drug-likeness (QED) is 0.824. The maximum absolute atomic E-state index is 12.3. The Bertz CT molecular complexity index is 725. The van der Waals surface area contributed by atoms with Crippen molar-refractivity contribution in [2.24, 2.45) is 0 Å². The van der Waals surface area contributed by atoms with Crippen LogP contribution in [0.25, 0.3) is 0 Å². The first-order chi connectivity index (χ1) is 11.7. The van der Waals surface area contributed by atoms with Crippen LogP contribution in [0.3, 0.4) is 0 Å². The summed E-state index contributed by atoms with van der Waals surface area (Å²) >= 11 is 0. The summed E-state index contributed by atoms with van der Waals surface area (Å²) in [5.41, 5.74) is 1.73. The minimum atomic E-state index is -4.34. The highest BCUT2D eigenvalue weighted by Gasteiger charge is 2.28. The summed E-state index contributed by atoms with van der Waals surface area (Å²) in [4.78, 5) is 12.3. The molecular formula is C17H21F3N4O. The standard InChI is InChI=1S/C17H21F3N4O/c1-11(2)13-6-4-5-7-14(13)22-16(25)12(3)21-15-8-9-24(23-15)10-17(18,19)20/h4-9,11-12H,10H2,1-3H3,(H,21,23)(H,22,25). The molecule has 1 heterocycles. The van der Waals surface area contributed by atoms with Crippen LogP contribution < -0.4 is 10.6 Å². The van der Waals surface area contributed by atoms with Crippen LogP contribution in [-0.4, -0.2) is 27.9 Å². The van der Waals surface area contributed by atoms with Crippen LogP contribution in [0.5, 0.6) is 0 Å². The molecule has 0 aliphatic carbocycles. The molecule has 0 bridgehead atoms. The van der Waals surface area contributed by atoms with E-state index in [2.05, 4.69) is 15.7 Å². The van der Waals surface area contributed by atoms with Crippen molar-refractivity contribution in [1.29, 1.82) is 0 Å². The van der Waals surface area contributed by atoms with E-state index >= 15 is 0 Å². The number of halogens is 3. The molecule has 1 aromatic heterocycles. The van der Waals surface area contributed by atoms with E-state index in [1.54, 1.807) is 6.92 Å². The van der Waals surface area contributed by atoms with Crippen LogP contribution in [0.2, 0.25) is 0 Å². The summed E-state index contributed by atoms with van der Waals surface area (Å²) in [7, 11) is 0. The molecule has 8 heteroatoms. The number of amides is 1. The second kappa shape index (κ2) is 7.58. The first-order valence-corrected chi connectivity index (χ1v) is 7.92. The lowest BCUT2D eigenvalue weighted by atomic mass is 10.0. The lowest BCUT2D eigenvalue weighted by Gasteiger charge is -2.17. The molecule has 1 amide bonds. The van der Waals surface area contributed by atoms with Crippen molar-refractivity contribution in [3.05, 3.63) is 42.1 Å². The zero-order valence-corrected chi connectivity index (χ0v) is 14.3. The Labute approximate surface area is 144 Å². The highest BCUT2D eigenvalue weighted by molar-refractivity contribution is 5.96. The molecule has 25 heavy (non-hydrogen) atoms. The number of alkyl halides is 3. The fraction of sp³-hybridized carbons (Fsp3) is 0.412. The number of carbonyl (C=O) groups is 1. The molecule has 1 atom stereocenters. The number of aromatic nitrogens is 2. The smallest absolute Gasteiger partial charge is 0.357 e. The van der Waals surface area contributed by atoms with Gasteiger partial charge in [0.2, 0.25) is 5.91 Å². The number of benzene rings is 1. The third kappa shape index (κ3) is 5.51. The Morgan fingerprint density at radius 2 is 1.88 bits per heavy atom. The van der Waals surface area contributed by atoms with E-state index in [9.17, 15) is 18.0 Å². The summed E-state index contributed by atoms with van der Waals surface area (Å²) < 4.78 is 37.8. The fourth-order valence-corrected chi connectivity index (χ4v) is 2.35. The third-order valence-electron chi connectivity index (χ3n) is 3.58. The van der Waals surface area contributed by atoms with E-state index in [1.165, 1.54) is 12.3 Å². The molecule has 1 unspecified atom stereocenters. The number of nitrogens with one attached hydrogen (secondary N) is 2. The highest BCUT2D eigenvalue weighted by atomic mass is 19.4. The molecule has 0 spiro atoms. The van der Waals surface area contributed by atoms with E-state index in [0.717, 1.165) is 15.9 Å². The summed E-state index contributed by atoms with van der Waals surface area (Å²) in [5, 5.41) is 9.42. The molecule has 1 aromatic carbocycles. The van der Waals surface area contributed by atoms with E-state index in [4.69, 9.17) is 0 Å². The monoisotopic (exact) mass is 354 g/mol. The fourth-order valence-electron chi connectivity index (χ4n) is 2.35. The van der Waals surface area contributed by atoms with Gasteiger partial charge in [-0.15, -0.1) is 0 Å². The Kier molecular flexibility index (Phi) is 5.71. The number of carbonyl (C=O) groups excluding carboxylic acids is 1. The second-order valence-electron chi connectivity index (χ2n) is 6.11. The highest BCUT2D eigenvalue weighted by Crippen LogP contribution is 2.24. The van der Waals surface area contributed by atoms with Gasteiger partial charge in [-0.25, -0.2) is 0 Å². The van der Waals surface area contributed by atoms with Crippen LogP contribution in [0.4, 0.5) is 24.7 Å². The lowest BCUT2D eigenvalue weighted by Crippen LogP contribution is -2.32. The van der Waals surface area contributed by atoms with Crippen molar-refractivity contribution in [2.45, 2.75) is 45.5 Å². The molecule has 2 N–H and O–H groups in total. The number of rotatable bonds is 6. The first kappa shape index (κ1) is 18.8. The molecule has 0 aliphatic rings. The van der Waals surface area contributed by atoms with Crippen LogP contribution in [0.1, 0.15) is 32.3 Å². The van der Waals surface area contributed by atoms with Crippen molar-refractivity contribution in [1.82, 2.24) is 9.78 Å². The van der Waals surface area contributed by atoms with Gasteiger partial charge in [-0.1, -0.05) is 32.0 Å². The van der Waals surface area contributed by atoms with Crippen molar-refractivity contribution < 1.29 is 18.0 Å². The molecule has 2 aromatic rings. The summed E-state index contributed by atoms with van der Waals surface area (Å²) in [5.74, 6) is 0.167. The minimum Gasteiger partial charge on any atom is -0.357 e. The predicted molar refractivity (Wildman–Crippen MR) is 90.5 cm³/mol. The number of nitrogens with zero attached hydrogens (tertiary/aromatic N) is 2. The van der Waals surface area contributed by atoms with Gasteiger partial charge in [0.25, 0.3) is 0 Å². The maximum atomic E-state index is 12.3. The van der Waals surface area contributed by atoms with E-state index in [0.29, 0.717) is 0 Å². The van der Waals surface area contributed by atoms with E-state index < -0.39 is 18.8 Å². The minimum absolute atomic E-state index is 0.212. The summed E-state index contributed by atoms with van der Waals surface area (Å²) in [6, 6.07) is 8.24. The average Bonchev–Trinajstić information content (AvgIpc) is 2.92. The normalized spacial score (nSPS) is 12.9. The third-order valence-corrected chi connectivity index (χ3v) is 3.58. The number of hydrogen-bond donors (Lipinski definition) is 2. The van der Waals surface area contributed by atoms with Crippen LogP contribution >= 0.6 is 0 Å². The van der Waals surface area contributed by atoms with Gasteiger partial charge in [-0.2, -0.15) is 18.3 Å². The van der Waals surface area contributed by atoms with Gasteiger partial charge in [-0.3, -0.25) is 9.48 Å². The molecule has 0 radical (unpaired) electrons. The van der Waals surface area contributed by atoms with Crippen LogP contribution in [0.15, 0.2) is 36.5 Å².